The number of hydrogen-bond donors (Lipinski definition) is 2. The Kier molecular flexibility index (Phi) is 5.07. The average molecular weight is 398 g/mol. The van der Waals surface area contributed by atoms with Crippen LogP contribution >= 0.6 is 0 Å². The van der Waals surface area contributed by atoms with E-state index in [-0.39, 0.29) is 25.2 Å². The summed E-state index contributed by atoms with van der Waals surface area (Å²) in [6, 6.07) is 2.56. The van der Waals surface area contributed by atoms with E-state index < -0.39 is 42.4 Å². The van der Waals surface area contributed by atoms with E-state index in [0.717, 1.165) is 18.9 Å². The van der Waals surface area contributed by atoms with Crippen LogP contribution in [0.1, 0.15) is 19.1 Å². The van der Waals surface area contributed by atoms with Crippen molar-refractivity contribution in [2.45, 2.75) is 43.5 Å². The molecule has 0 bridgehead atoms. The molecule has 12 heteroatoms. The molecular formula is C16H18N2O10. The van der Waals surface area contributed by atoms with Crippen LogP contribution in [-0.2, 0) is 28.4 Å². The molecule has 12 nitrogen and oxygen atoms in total. The molecule has 1 aromatic heterocycles. The molecule has 0 amide bonds. The zero-order valence-electron chi connectivity index (χ0n) is 14.5. The fraction of sp³-hybridized carbons (Fsp3) is 0.562. The van der Waals surface area contributed by atoms with Crippen molar-refractivity contribution >= 4 is 18.0 Å². The van der Waals surface area contributed by atoms with Gasteiger partial charge in [0.1, 0.15) is 12.7 Å². The van der Waals surface area contributed by atoms with Crippen LogP contribution in [0.2, 0.25) is 0 Å². The number of nitrogens with zero attached hydrogens (tertiary/aromatic N) is 1. The van der Waals surface area contributed by atoms with Crippen molar-refractivity contribution in [3.63, 3.8) is 0 Å². The lowest BCUT2D eigenvalue weighted by molar-refractivity contribution is -0.0907. The van der Waals surface area contributed by atoms with Crippen molar-refractivity contribution in [3.8, 4) is 0 Å². The molecule has 2 aliphatic heterocycles. The molecule has 1 aromatic rings. The van der Waals surface area contributed by atoms with Crippen molar-refractivity contribution in [2.24, 2.45) is 0 Å². The van der Waals surface area contributed by atoms with Crippen LogP contribution < -0.4 is 11.0 Å². The lowest BCUT2D eigenvalue weighted by atomic mass is 10.1. The molecular weight excluding hydrogens is 380 g/mol. The third-order valence-corrected chi connectivity index (χ3v) is 4.47. The second-order valence-electron chi connectivity index (χ2n) is 6.44. The zero-order chi connectivity index (χ0) is 19.7. The highest BCUT2D eigenvalue weighted by atomic mass is 16.8. The van der Waals surface area contributed by atoms with Crippen LogP contribution in [0.4, 0.5) is 15.3 Å². The molecule has 1 saturated carbocycles. The number of fused-ring (bicyclic) bond motifs is 1. The lowest BCUT2D eigenvalue weighted by Gasteiger charge is -2.18. The Bertz CT molecular complexity index is 807. The number of pyridine rings is 1. The molecule has 2 N–H and O–H groups in total. The molecule has 28 heavy (non-hydrogen) atoms. The van der Waals surface area contributed by atoms with Gasteiger partial charge < -0.3 is 28.4 Å². The fourth-order valence-electron chi connectivity index (χ4n) is 2.96. The zero-order valence-corrected chi connectivity index (χ0v) is 14.5. The van der Waals surface area contributed by atoms with Crippen molar-refractivity contribution in [1.82, 2.24) is 4.57 Å². The molecule has 1 aliphatic carbocycles. The number of aromatic nitrogens is 1. The molecule has 0 spiro atoms. The van der Waals surface area contributed by atoms with Crippen LogP contribution in [0, 0.1) is 0 Å². The van der Waals surface area contributed by atoms with Gasteiger partial charge in [-0.1, -0.05) is 0 Å². The number of ether oxygens (including phenoxy) is 6. The highest BCUT2D eigenvalue weighted by molar-refractivity contribution is 5.63. The summed E-state index contributed by atoms with van der Waals surface area (Å²) >= 11 is 0. The van der Waals surface area contributed by atoms with Crippen molar-refractivity contribution < 1.29 is 43.2 Å². The molecule has 4 rings (SSSR count). The minimum Gasteiger partial charge on any atom is -0.431 e. The topological polar surface area (TPSA) is 144 Å². The Morgan fingerprint density at radius 3 is 2.75 bits per heavy atom. The molecule has 0 unspecified atom stereocenters. The van der Waals surface area contributed by atoms with Gasteiger partial charge in [-0.2, -0.15) is 0 Å². The first-order valence-electron chi connectivity index (χ1n) is 8.61. The number of hydrogen-bond acceptors (Lipinski definition) is 11. The van der Waals surface area contributed by atoms with E-state index in [2.05, 4.69) is 0 Å². The van der Waals surface area contributed by atoms with Crippen LogP contribution in [0.25, 0.3) is 0 Å². The Morgan fingerprint density at radius 1 is 1.25 bits per heavy atom. The quantitative estimate of drug-likeness (QED) is 0.381. The number of nitrogens with one attached hydrogen (secondary N) is 1. The van der Waals surface area contributed by atoms with Gasteiger partial charge in [0.15, 0.2) is 25.2 Å². The van der Waals surface area contributed by atoms with Crippen molar-refractivity contribution in [2.75, 3.05) is 18.9 Å². The van der Waals surface area contributed by atoms with Crippen LogP contribution in [0.3, 0.4) is 0 Å². The van der Waals surface area contributed by atoms with Gasteiger partial charge in [-0.15, -0.1) is 0 Å². The Morgan fingerprint density at radius 2 is 2.04 bits per heavy atom. The first-order chi connectivity index (χ1) is 13.5. The van der Waals surface area contributed by atoms with Crippen LogP contribution in [0.15, 0.2) is 23.1 Å². The SMILES string of the molecule is O=C(OCOC1CC1)OC[C@H]1O[C@@H](n2ccc(NO)cc2=O)[C@@H]2OC(=O)O[C@@H]21. The van der Waals surface area contributed by atoms with Crippen molar-refractivity contribution in [3.05, 3.63) is 28.7 Å². The lowest BCUT2D eigenvalue weighted by Crippen LogP contribution is -2.33. The van der Waals surface area contributed by atoms with E-state index in [9.17, 15) is 14.4 Å². The number of carbonyl (C=O) groups is 2. The third kappa shape index (κ3) is 3.88. The van der Waals surface area contributed by atoms with Crippen molar-refractivity contribution in [1.29, 1.82) is 0 Å². The van der Waals surface area contributed by atoms with Gasteiger partial charge in [-0.3, -0.25) is 20.0 Å². The summed E-state index contributed by atoms with van der Waals surface area (Å²) in [6.45, 7) is -0.482. The summed E-state index contributed by atoms with van der Waals surface area (Å²) in [7, 11) is 0. The van der Waals surface area contributed by atoms with E-state index in [1.165, 1.54) is 16.8 Å². The predicted octanol–water partition coefficient (Wildman–Crippen LogP) is 0.741. The second kappa shape index (κ2) is 7.66. The highest BCUT2D eigenvalue weighted by Gasteiger charge is 2.55. The summed E-state index contributed by atoms with van der Waals surface area (Å²) in [5, 5.41) is 8.87. The minimum atomic E-state index is -0.987. The first kappa shape index (κ1) is 18.5. The second-order valence-corrected chi connectivity index (χ2v) is 6.44. The highest BCUT2D eigenvalue weighted by Crippen LogP contribution is 2.37. The van der Waals surface area contributed by atoms with E-state index in [1.807, 2.05) is 5.48 Å². The summed E-state index contributed by atoms with van der Waals surface area (Å²) in [5.74, 6) is 0. The summed E-state index contributed by atoms with van der Waals surface area (Å²) < 4.78 is 32.0. The normalized spacial score (nSPS) is 28.2. The maximum atomic E-state index is 12.2. The summed E-state index contributed by atoms with van der Waals surface area (Å²) in [4.78, 5) is 35.4. The van der Waals surface area contributed by atoms with Gasteiger partial charge in [0.2, 0.25) is 0 Å². The number of rotatable bonds is 7. The van der Waals surface area contributed by atoms with E-state index in [1.54, 1.807) is 0 Å². The minimum absolute atomic E-state index is 0.133. The molecule has 3 aliphatic rings. The Hall–Kier alpha value is -2.83. The predicted molar refractivity (Wildman–Crippen MR) is 86.6 cm³/mol. The Balaban J connectivity index is 1.39. The maximum Gasteiger partial charge on any atom is 0.510 e. The van der Waals surface area contributed by atoms with Gasteiger partial charge in [0.05, 0.1) is 11.8 Å². The molecule has 2 saturated heterocycles. The fourth-order valence-corrected chi connectivity index (χ4v) is 2.96. The molecule has 0 aromatic carbocycles. The third-order valence-electron chi connectivity index (χ3n) is 4.47. The summed E-state index contributed by atoms with van der Waals surface area (Å²) in [6.07, 6.45) is -2.09. The maximum absolute atomic E-state index is 12.2. The van der Waals surface area contributed by atoms with E-state index in [4.69, 9.17) is 33.6 Å². The van der Waals surface area contributed by atoms with E-state index >= 15 is 0 Å². The standard InChI is InChI=1S/C16H18N2O10/c19-11-5-8(17-22)3-4-18(11)14-13-12(27-16(21)28-13)10(26-14)6-23-15(20)25-7-24-9-1-2-9/h3-5,9-10,12-14,17,22H,1-2,6-7H2/t10-,12-,13-,14-/m1/s1. The number of carbonyl (C=O) groups excluding carboxylic acids is 2. The molecule has 3 heterocycles. The van der Waals surface area contributed by atoms with Crippen LogP contribution in [0.5, 0.6) is 0 Å². The van der Waals surface area contributed by atoms with Gasteiger partial charge in [-0.25, -0.2) is 9.59 Å². The monoisotopic (exact) mass is 398 g/mol. The molecule has 4 atom stereocenters. The van der Waals surface area contributed by atoms with Gasteiger partial charge >= 0.3 is 12.3 Å². The molecule has 0 radical (unpaired) electrons. The van der Waals surface area contributed by atoms with Gasteiger partial charge in [0, 0.05) is 12.3 Å². The largest absolute Gasteiger partial charge is 0.510 e. The molecule has 3 fully saturated rings. The van der Waals surface area contributed by atoms with Gasteiger partial charge in [-0.05, 0) is 18.9 Å². The summed E-state index contributed by atoms with van der Waals surface area (Å²) in [5.41, 5.74) is 1.54. The smallest absolute Gasteiger partial charge is 0.431 e. The van der Waals surface area contributed by atoms with Gasteiger partial charge in [0.25, 0.3) is 5.56 Å². The number of anilines is 1. The molecule has 152 valence electrons. The van der Waals surface area contributed by atoms with Crippen LogP contribution in [-0.4, -0.2) is 59.9 Å². The Labute approximate surface area is 157 Å². The van der Waals surface area contributed by atoms with E-state index in [0.29, 0.717) is 0 Å². The first-order valence-corrected chi connectivity index (χ1v) is 8.61. The average Bonchev–Trinajstić information content (AvgIpc) is 3.33.